The predicted octanol–water partition coefficient (Wildman–Crippen LogP) is 2.49. The highest BCUT2D eigenvalue weighted by molar-refractivity contribution is 5.85. The highest BCUT2D eigenvalue weighted by Crippen LogP contribution is 2.33. The molecule has 1 aliphatic carbocycles. The number of halogens is 1. The van der Waals surface area contributed by atoms with Crippen LogP contribution in [0.1, 0.15) is 52.4 Å². The molecule has 4 nitrogen and oxygen atoms in total. The summed E-state index contributed by atoms with van der Waals surface area (Å²) >= 11 is 0. The number of hydrogen-bond acceptors (Lipinski definition) is 3. The third-order valence-electron chi connectivity index (χ3n) is 5.32. The third-order valence-corrected chi connectivity index (χ3v) is 5.32. The minimum absolute atomic E-state index is 0. The zero-order valence-electron chi connectivity index (χ0n) is 13.4. The van der Waals surface area contributed by atoms with Gasteiger partial charge in [-0.05, 0) is 37.5 Å². The fraction of sp³-hybridized carbons (Fsp3) is 0.938. The van der Waals surface area contributed by atoms with Crippen molar-refractivity contribution in [2.24, 2.45) is 23.0 Å². The second-order valence-corrected chi connectivity index (χ2v) is 6.94. The lowest BCUT2D eigenvalue weighted by atomic mass is 9.77. The van der Waals surface area contributed by atoms with Crippen molar-refractivity contribution < 1.29 is 9.53 Å². The maximum Gasteiger partial charge on any atom is 0.227 e. The molecule has 0 spiro atoms. The lowest BCUT2D eigenvalue weighted by Gasteiger charge is -2.38. The molecule has 2 unspecified atom stereocenters. The van der Waals surface area contributed by atoms with Gasteiger partial charge in [0.1, 0.15) is 0 Å². The number of hydrogen-bond donors (Lipinski definition) is 2. The molecule has 3 N–H and O–H groups in total. The van der Waals surface area contributed by atoms with E-state index >= 15 is 0 Å². The molecule has 0 aromatic rings. The van der Waals surface area contributed by atoms with Crippen molar-refractivity contribution in [3.05, 3.63) is 0 Å². The molecule has 2 fully saturated rings. The molecular weight excluding hydrogens is 288 g/mol. The lowest BCUT2D eigenvalue weighted by Crippen LogP contribution is -2.52. The fourth-order valence-corrected chi connectivity index (χ4v) is 3.59. The van der Waals surface area contributed by atoms with Crippen LogP contribution in [-0.2, 0) is 9.53 Å². The van der Waals surface area contributed by atoms with E-state index in [9.17, 15) is 4.79 Å². The van der Waals surface area contributed by atoms with Crippen LogP contribution in [0.15, 0.2) is 0 Å². The average Bonchev–Trinajstić information content (AvgIpc) is 2.48. The summed E-state index contributed by atoms with van der Waals surface area (Å²) in [4.78, 5) is 12.6. The van der Waals surface area contributed by atoms with Crippen molar-refractivity contribution in [3.63, 3.8) is 0 Å². The molecule has 124 valence electrons. The minimum Gasteiger partial charge on any atom is -0.381 e. The second kappa shape index (κ2) is 8.35. The van der Waals surface area contributed by atoms with Crippen molar-refractivity contribution in [1.82, 2.24) is 5.32 Å². The van der Waals surface area contributed by atoms with Crippen LogP contribution in [0.5, 0.6) is 0 Å². The van der Waals surface area contributed by atoms with E-state index in [1.54, 1.807) is 0 Å². The summed E-state index contributed by atoms with van der Waals surface area (Å²) in [6.07, 6.45) is 6.30. The number of nitrogens with two attached hydrogens (primary N) is 1. The Kier molecular flexibility index (Phi) is 7.45. The SMILES string of the molecule is CC(C)C1CCCC(NC(=O)C2(CN)CCOCC2)C1.Cl. The monoisotopic (exact) mass is 318 g/mol. The van der Waals surface area contributed by atoms with E-state index in [1.807, 2.05) is 0 Å². The normalized spacial score (nSPS) is 28.8. The summed E-state index contributed by atoms with van der Waals surface area (Å²) in [5, 5.41) is 3.29. The first-order valence-electron chi connectivity index (χ1n) is 8.16. The summed E-state index contributed by atoms with van der Waals surface area (Å²) in [5.74, 6) is 1.62. The van der Waals surface area contributed by atoms with E-state index in [4.69, 9.17) is 10.5 Å². The molecule has 0 bridgehead atoms. The Balaban J connectivity index is 0.00000220. The fourth-order valence-electron chi connectivity index (χ4n) is 3.59. The number of carbonyl (C=O) groups is 1. The first-order chi connectivity index (χ1) is 9.57. The number of nitrogens with one attached hydrogen (secondary N) is 1. The Morgan fingerprint density at radius 3 is 2.57 bits per heavy atom. The van der Waals surface area contributed by atoms with Gasteiger partial charge in [0.05, 0.1) is 5.41 Å². The van der Waals surface area contributed by atoms with Crippen LogP contribution in [0.4, 0.5) is 0 Å². The molecule has 2 aliphatic rings. The van der Waals surface area contributed by atoms with Crippen LogP contribution in [0.25, 0.3) is 0 Å². The second-order valence-electron chi connectivity index (χ2n) is 6.94. The molecule has 2 atom stereocenters. The number of rotatable bonds is 4. The molecule has 2 rings (SSSR count). The Morgan fingerprint density at radius 1 is 1.33 bits per heavy atom. The molecule has 0 radical (unpaired) electrons. The first-order valence-corrected chi connectivity index (χ1v) is 8.16. The molecule has 1 aliphatic heterocycles. The van der Waals surface area contributed by atoms with Gasteiger partial charge in [-0.1, -0.05) is 26.7 Å². The van der Waals surface area contributed by atoms with Gasteiger partial charge in [-0.2, -0.15) is 0 Å². The zero-order chi connectivity index (χ0) is 14.6. The lowest BCUT2D eigenvalue weighted by molar-refractivity contribution is -0.137. The average molecular weight is 319 g/mol. The molecular formula is C16H31ClN2O2. The Hall–Kier alpha value is -0.320. The summed E-state index contributed by atoms with van der Waals surface area (Å²) in [6, 6.07) is 0.343. The molecule has 0 aromatic carbocycles. The van der Waals surface area contributed by atoms with Crippen molar-refractivity contribution in [3.8, 4) is 0 Å². The van der Waals surface area contributed by atoms with Crippen molar-refractivity contribution in [2.45, 2.75) is 58.4 Å². The van der Waals surface area contributed by atoms with Crippen molar-refractivity contribution in [1.29, 1.82) is 0 Å². The largest absolute Gasteiger partial charge is 0.381 e. The number of amides is 1. The van der Waals surface area contributed by atoms with Gasteiger partial charge >= 0.3 is 0 Å². The highest BCUT2D eigenvalue weighted by Gasteiger charge is 2.40. The smallest absolute Gasteiger partial charge is 0.227 e. The van der Waals surface area contributed by atoms with Crippen LogP contribution >= 0.6 is 12.4 Å². The van der Waals surface area contributed by atoms with Gasteiger partial charge in [-0.3, -0.25) is 4.79 Å². The molecule has 0 aromatic heterocycles. The number of carbonyl (C=O) groups excluding carboxylic acids is 1. The Morgan fingerprint density at radius 2 is 2.00 bits per heavy atom. The first kappa shape index (κ1) is 18.7. The van der Waals surface area contributed by atoms with Crippen LogP contribution in [0.3, 0.4) is 0 Å². The summed E-state index contributed by atoms with van der Waals surface area (Å²) in [7, 11) is 0. The predicted molar refractivity (Wildman–Crippen MR) is 87.5 cm³/mol. The van der Waals surface area contributed by atoms with E-state index in [-0.39, 0.29) is 23.7 Å². The summed E-state index contributed by atoms with van der Waals surface area (Å²) in [5.41, 5.74) is 5.52. The number of ether oxygens (including phenoxy) is 1. The van der Waals surface area contributed by atoms with Crippen LogP contribution in [0, 0.1) is 17.3 Å². The van der Waals surface area contributed by atoms with Crippen molar-refractivity contribution >= 4 is 18.3 Å². The van der Waals surface area contributed by atoms with Crippen molar-refractivity contribution in [2.75, 3.05) is 19.8 Å². The van der Waals surface area contributed by atoms with E-state index in [0.29, 0.717) is 31.7 Å². The van der Waals surface area contributed by atoms with Gasteiger partial charge in [0.2, 0.25) is 5.91 Å². The molecule has 21 heavy (non-hydrogen) atoms. The van der Waals surface area contributed by atoms with Gasteiger partial charge in [0, 0.05) is 25.8 Å². The molecule has 1 heterocycles. The van der Waals surface area contributed by atoms with E-state index < -0.39 is 0 Å². The maximum absolute atomic E-state index is 12.6. The van der Waals surface area contributed by atoms with Gasteiger partial charge in [0.15, 0.2) is 0 Å². The molecule has 1 saturated carbocycles. The van der Waals surface area contributed by atoms with E-state index in [2.05, 4.69) is 19.2 Å². The molecule has 1 saturated heterocycles. The molecule has 5 heteroatoms. The van der Waals surface area contributed by atoms with Crippen LogP contribution < -0.4 is 11.1 Å². The Labute approximate surface area is 135 Å². The summed E-state index contributed by atoms with van der Waals surface area (Å²) in [6.45, 7) is 6.32. The quantitative estimate of drug-likeness (QED) is 0.837. The minimum atomic E-state index is -0.386. The third kappa shape index (κ3) is 4.57. The zero-order valence-corrected chi connectivity index (χ0v) is 14.2. The topological polar surface area (TPSA) is 64.4 Å². The highest BCUT2D eigenvalue weighted by atomic mass is 35.5. The van der Waals surface area contributed by atoms with Gasteiger partial charge in [-0.15, -0.1) is 12.4 Å². The van der Waals surface area contributed by atoms with Crippen LogP contribution in [0.2, 0.25) is 0 Å². The maximum atomic E-state index is 12.6. The standard InChI is InChI=1S/C16H30N2O2.ClH/c1-12(2)13-4-3-5-14(10-13)18-15(19)16(11-17)6-8-20-9-7-16;/h12-14H,3-11,17H2,1-2H3,(H,18,19);1H. The van der Waals surface area contributed by atoms with Gasteiger partial charge in [-0.25, -0.2) is 0 Å². The van der Waals surface area contributed by atoms with E-state index in [1.165, 1.54) is 12.8 Å². The molecule has 1 amide bonds. The van der Waals surface area contributed by atoms with E-state index in [0.717, 1.165) is 31.6 Å². The summed E-state index contributed by atoms with van der Waals surface area (Å²) < 4.78 is 5.38. The van der Waals surface area contributed by atoms with Crippen LogP contribution in [-0.4, -0.2) is 31.7 Å². The van der Waals surface area contributed by atoms with Gasteiger partial charge in [0.25, 0.3) is 0 Å². The Bertz CT molecular complexity index is 330. The van der Waals surface area contributed by atoms with Gasteiger partial charge < -0.3 is 15.8 Å².